The lowest BCUT2D eigenvalue weighted by atomic mass is 10.1. The predicted molar refractivity (Wildman–Crippen MR) is 138 cm³/mol. The molecule has 2 aromatic carbocycles. The van der Waals surface area contributed by atoms with E-state index in [1.807, 2.05) is 66.1 Å². The van der Waals surface area contributed by atoms with Crippen molar-refractivity contribution >= 4 is 33.4 Å². The van der Waals surface area contributed by atoms with Gasteiger partial charge in [-0.15, -0.1) is 11.3 Å². The third kappa shape index (κ3) is 4.14. The minimum Gasteiger partial charge on any atom is -0.334 e. The molecule has 0 bridgehead atoms. The van der Waals surface area contributed by atoms with Gasteiger partial charge in [0.25, 0.3) is 11.8 Å². The average molecular weight is 472 g/mol. The summed E-state index contributed by atoms with van der Waals surface area (Å²) >= 11 is 1.67. The number of nitrogens with zero attached hydrogens (tertiary/aromatic N) is 3. The summed E-state index contributed by atoms with van der Waals surface area (Å²) in [7, 11) is 0. The fourth-order valence-electron chi connectivity index (χ4n) is 4.73. The van der Waals surface area contributed by atoms with Crippen LogP contribution in [0.1, 0.15) is 44.5 Å². The van der Waals surface area contributed by atoms with E-state index in [0.29, 0.717) is 31.7 Å². The summed E-state index contributed by atoms with van der Waals surface area (Å²) in [6.07, 6.45) is 0. The van der Waals surface area contributed by atoms with Crippen molar-refractivity contribution in [3.05, 3.63) is 94.0 Å². The largest absolute Gasteiger partial charge is 0.334 e. The van der Waals surface area contributed by atoms with Crippen LogP contribution in [0.25, 0.3) is 10.2 Å². The summed E-state index contributed by atoms with van der Waals surface area (Å²) < 4.78 is 2.15. The summed E-state index contributed by atoms with van der Waals surface area (Å²) in [4.78, 5) is 31.7. The Labute approximate surface area is 204 Å². The van der Waals surface area contributed by atoms with Crippen molar-refractivity contribution in [1.82, 2.24) is 14.4 Å². The first-order valence-electron chi connectivity index (χ1n) is 11.7. The Hall–Kier alpha value is -3.38. The summed E-state index contributed by atoms with van der Waals surface area (Å²) in [5, 5.41) is 3.17. The van der Waals surface area contributed by atoms with Gasteiger partial charge >= 0.3 is 0 Å². The number of carbonyl (C=O) groups is 2. The van der Waals surface area contributed by atoms with Crippen molar-refractivity contribution in [2.45, 2.75) is 33.4 Å². The zero-order valence-electron chi connectivity index (χ0n) is 19.8. The lowest BCUT2D eigenvalue weighted by Gasteiger charge is -2.40. The fourth-order valence-corrected chi connectivity index (χ4v) is 5.63. The SMILES string of the molecule is Cc1ccc(C(=O)N2CCN(C(=O)c3cc4ccsc4n3Cc3ccccc3C)C[C@@H]2C)cc1. The normalized spacial score (nSPS) is 16.3. The standard InChI is InChI=1S/C28H29N3O2S/c1-19-8-10-22(11-9-19)26(32)30-14-13-29(17-21(30)3)27(33)25-16-23-12-15-34-28(23)31(25)18-24-7-5-4-6-20(24)2/h4-12,15-16,21H,13-14,17-18H2,1-3H3/t21-/m0/s1. The first-order valence-corrected chi connectivity index (χ1v) is 12.6. The minimum absolute atomic E-state index is 0.0306. The number of aryl methyl sites for hydroxylation is 2. The molecule has 2 aromatic heterocycles. The van der Waals surface area contributed by atoms with E-state index in [2.05, 4.69) is 35.1 Å². The molecule has 0 saturated carbocycles. The molecule has 1 aliphatic rings. The molecule has 4 aromatic rings. The Morgan fingerprint density at radius 1 is 0.971 bits per heavy atom. The van der Waals surface area contributed by atoms with Crippen LogP contribution in [-0.2, 0) is 6.54 Å². The molecule has 0 radical (unpaired) electrons. The molecule has 6 heteroatoms. The van der Waals surface area contributed by atoms with Crippen LogP contribution in [0.5, 0.6) is 0 Å². The number of benzene rings is 2. The number of hydrogen-bond donors (Lipinski definition) is 0. The van der Waals surface area contributed by atoms with E-state index in [-0.39, 0.29) is 17.9 Å². The zero-order valence-corrected chi connectivity index (χ0v) is 20.6. The Morgan fingerprint density at radius 3 is 2.47 bits per heavy atom. The molecule has 1 fully saturated rings. The number of piperazine rings is 1. The Morgan fingerprint density at radius 2 is 1.74 bits per heavy atom. The van der Waals surface area contributed by atoms with E-state index in [1.54, 1.807) is 11.3 Å². The molecule has 0 unspecified atom stereocenters. The van der Waals surface area contributed by atoms with E-state index >= 15 is 0 Å². The van der Waals surface area contributed by atoms with Gasteiger partial charge in [0, 0.05) is 43.2 Å². The highest BCUT2D eigenvalue weighted by molar-refractivity contribution is 7.16. The second kappa shape index (κ2) is 9.11. The maximum atomic E-state index is 13.7. The number of carbonyl (C=O) groups excluding carboxylic acids is 2. The van der Waals surface area contributed by atoms with Gasteiger partial charge in [0.2, 0.25) is 0 Å². The molecule has 5 nitrogen and oxygen atoms in total. The monoisotopic (exact) mass is 471 g/mol. The number of rotatable bonds is 4. The summed E-state index contributed by atoms with van der Waals surface area (Å²) in [5.74, 6) is 0.0642. The quantitative estimate of drug-likeness (QED) is 0.403. The third-order valence-electron chi connectivity index (χ3n) is 6.79. The Bertz CT molecular complexity index is 1350. The highest BCUT2D eigenvalue weighted by atomic mass is 32.1. The number of hydrogen-bond acceptors (Lipinski definition) is 3. The Balaban J connectivity index is 1.37. The van der Waals surface area contributed by atoms with Crippen molar-refractivity contribution in [3.8, 4) is 0 Å². The van der Waals surface area contributed by atoms with Gasteiger partial charge in [-0.05, 0) is 61.5 Å². The van der Waals surface area contributed by atoms with E-state index in [0.717, 1.165) is 21.5 Å². The van der Waals surface area contributed by atoms with Crippen molar-refractivity contribution in [3.63, 3.8) is 0 Å². The number of thiophene rings is 1. The van der Waals surface area contributed by atoms with Crippen molar-refractivity contribution in [1.29, 1.82) is 0 Å². The number of aromatic nitrogens is 1. The molecule has 2 amide bonds. The summed E-state index contributed by atoms with van der Waals surface area (Å²) in [6, 6.07) is 20.1. The molecule has 0 spiro atoms. The van der Waals surface area contributed by atoms with Crippen molar-refractivity contribution < 1.29 is 9.59 Å². The topological polar surface area (TPSA) is 45.6 Å². The van der Waals surface area contributed by atoms with Crippen LogP contribution in [-0.4, -0.2) is 51.9 Å². The molecular formula is C28H29N3O2S. The van der Waals surface area contributed by atoms with E-state index < -0.39 is 0 Å². The molecule has 3 heterocycles. The van der Waals surface area contributed by atoms with E-state index in [9.17, 15) is 9.59 Å². The molecule has 1 aliphatic heterocycles. The first-order chi connectivity index (χ1) is 16.4. The van der Waals surface area contributed by atoms with Gasteiger partial charge in [-0.2, -0.15) is 0 Å². The molecule has 1 saturated heterocycles. The molecule has 0 N–H and O–H groups in total. The fraction of sp³-hybridized carbons (Fsp3) is 0.286. The molecular weight excluding hydrogens is 442 g/mol. The first kappa shape index (κ1) is 22.4. The van der Waals surface area contributed by atoms with Crippen molar-refractivity contribution in [2.75, 3.05) is 19.6 Å². The van der Waals surface area contributed by atoms with Gasteiger partial charge in [0.15, 0.2) is 0 Å². The maximum Gasteiger partial charge on any atom is 0.270 e. The van der Waals surface area contributed by atoms with Gasteiger partial charge in [0.1, 0.15) is 10.5 Å². The summed E-state index contributed by atoms with van der Waals surface area (Å²) in [5.41, 5.74) is 4.98. The maximum absolute atomic E-state index is 13.7. The van der Waals surface area contributed by atoms with Gasteiger partial charge in [0.05, 0.1) is 0 Å². The van der Waals surface area contributed by atoms with Crippen LogP contribution in [0.4, 0.5) is 0 Å². The number of fused-ring (bicyclic) bond motifs is 1. The van der Waals surface area contributed by atoms with E-state index in [4.69, 9.17) is 0 Å². The second-order valence-corrected chi connectivity index (χ2v) is 10.1. The van der Waals surface area contributed by atoms with Crippen LogP contribution in [0.2, 0.25) is 0 Å². The zero-order chi connectivity index (χ0) is 23.8. The molecule has 34 heavy (non-hydrogen) atoms. The molecule has 5 rings (SSSR count). The van der Waals surface area contributed by atoms with Crippen molar-refractivity contribution in [2.24, 2.45) is 0 Å². The van der Waals surface area contributed by atoms with Crippen LogP contribution in [0.15, 0.2) is 66.0 Å². The lowest BCUT2D eigenvalue weighted by Crippen LogP contribution is -2.55. The highest BCUT2D eigenvalue weighted by Gasteiger charge is 2.32. The molecule has 0 aliphatic carbocycles. The minimum atomic E-state index is -0.0487. The van der Waals surface area contributed by atoms with Crippen LogP contribution >= 0.6 is 11.3 Å². The van der Waals surface area contributed by atoms with Gasteiger partial charge in [-0.3, -0.25) is 9.59 Å². The highest BCUT2D eigenvalue weighted by Crippen LogP contribution is 2.28. The molecule has 1 atom stereocenters. The lowest BCUT2D eigenvalue weighted by molar-refractivity contribution is 0.0409. The van der Waals surface area contributed by atoms with Gasteiger partial charge < -0.3 is 14.4 Å². The van der Waals surface area contributed by atoms with Crippen LogP contribution in [0.3, 0.4) is 0 Å². The summed E-state index contributed by atoms with van der Waals surface area (Å²) in [6.45, 7) is 8.41. The predicted octanol–water partition coefficient (Wildman–Crippen LogP) is 5.35. The molecule has 174 valence electrons. The second-order valence-electron chi connectivity index (χ2n) is 9.19. The average Bonchev–Trinajstić information content (AvgIpc) is 3.42. The number of amides is 2. The smallest absolute Gasteiger partial charge is 0.270 e. The Kier molecular flexibility index (Phi) is 6.00. The van der Waals surface area contributed by atoms with Crippen LogP contribution < -0.4 is 0 Å². The third-order valence-corrected chi connectivity index (χ3v) is 7.74. The van der Waals surface area contributed by atoms with Crippen LogP contribution in [0, 0.1) is 13.8 Å². The van der Waals surface area contributed by atoms with E-state index in [1.165, 1.54) is 11.1 Å². The van der Waals surface area contributed by atoms with Gasteiger partial charge in [-0.1, -0.05) is 42.0 Å². The van der Waals surface area contributed by atoms with Gasteiger partial charge in [-0.25, -0.2) is 0 Å².